The van der Waals surface area contributed by atoms with Crippen LogP contribution in [-0.2, 0) is 17.1 Å². The third kappa shape index (κ3) is 3.87. The molecular formula is C19H12Cl2F2N6O4S. The summed E-state index contributed by atoms with van der Waals surface area (Å²) >= 11 is 11.7. The quantitative estimate of drug-likeness (QED) is 0.414. The second-order valence-electron chi connectivity index (χ2n) is 6.89. The van der Waals surface area contributed by atoms with E-state index in [9.17, 15) is 22.4 Å². The molecular weight excluding hydrogens is 517 g/mol. The molecule has 15 heteroatoms. The Balaban J connectivity index is 1.94. The predicted octanol–water partition coefficient (Wildman–Crippen LogP) is 2.45. The van der Waals surface area contributed by atoms with Gasteiger partial charge in [-0.1, -0.05) is 23.2 Å². The summed E-state index contributed by atoms with van der Waals surface area (Å²) in [6, 6.07) is 5.07. The van der Waals surface area contributed by atoms with Crippen LogP contribution in [-0.4, -0.2) is 27.5 Å². The maximum absolute atomic E-state index is 15.4. The summed E-state index contributed by atoms with van der Waals surface area (Å²) in [5.74, 6) is -3.07. The lowest BCUT2D eigenvalue weighted by Crippen LogP contribution is -2.39. The number of anilines is 2. The summed E-state index contributed by atoms with van der Waals surface area (Å²) in [6.07, 6.45) is 0.999. The molecule has 34 heavy (non-hydrogen) atoms. The van der Waals surface area contributed by atoms with E-state index in [2.05, 4.69) is 9.97 Å². The molecule has 0 atom stereocenters. The summed E-state index contributed by atoms with van der Waals surface area (Å²) in [7, 11) is -3.30. The van der Waals surface area contributed by atoms with Crippen molar-refractivity contribution in [2.75, 3.05) is 10.5 Å². The average Bonchev–Trinajstić information content (AvgIpc) is 2.77. The van der Waals surface area contributed by atoms with Gasteiger partial charge in [-0.15, -0.1) is 0 Å². The van der Waals surface area contributed by atoms with Crippen LogP contribution in [0, 0.1) is 11.6 Å². The number of benzene rings is 2. The Morgan fingerprint density at radius 2 is 1.82 bits per heavy atom. The lowest BCUT2D eigenvalue weighted by Gasteiger charge is -2.15. The molecule has 0 radical (unpaired) electrons. The van der Waals surface area contributed by atoms with Gasteiger partial charge in [0, 0.05) is 18.3 Å². The fourth-order valence-corrected chi connectivity index (χ4v) is 4.97. The van der Waals surface area contributed by atoms with E-state index in [0.29, 0.717) is 6.07 Å². The third-order valence-corrected chi connectivity index (χ3v) is 6.82. The van der Waals surface area contributed by atoms with Crippen LogP contribution in [0.2, 0.25) is 10.0 Å². The van der Waals surface area contributed by atoms with Crippen LogP contribution < -0.4 is 21.7 Å². The monoisotopic (exact) mass is 528 g/mol. The first-order chi connectivity index (χ1) is 15.9. The number of halogens is 4. The Labute approximate surface area is 199 Å². The highest BCUT2D eigenvalue weighted by molar-refractivity contribution is 7.92. The number of nitrogens with one attached hydrogen (secondary N) is 1. The maximum atomic E-state index is 15.4. The van der Waals surface area contributed by atoms with E-state index in [1.165, 1.54) is 19.2 Å². The Kier molecular flexibility index (Phi) is 5.79. The predicted molar refractivity (Wildman–Crippen MR) is 122 cm³/mol. The smallest absolute Gasteiger partial charge is 0.337 e. The fraction of sp³-hybridized carbons (Fsp3) is 0.0526. The zero-order valence-electron chi connectivity index (χ0n) is 16.9. The molecule has 4 aromatic rings. The van der Waals surface area contributed by atoms with Crippen molar-refractivity contribution in [1.82, 2.24) is 19.1 Å². The molecule has 0 aliphatic rings. The van der Waals surface area contributed by atoms with E-state index < -0.39 is 49.2 Å². The van der Waals surface area contributed by atoms with Gasteiger partial charge in [-0.2, -0.15) is 4.98 Å². The van der Waals surface area contributed by atoms with Gasteiger partial charge in [0.15, 0.2) is 17.3 Å². The molecule has 2 aromatic carbocycles. The van der Waals surface area contributed by atoms with Crippen molar-refractivity contribution in [3.63, 3.8) is 0 Å². The highest BCUT2D eigenvalue weighted by atomic mass is 35.5. The number of aryl methyl sites for hydroxylation is 1. The molecule has 0 aliphatic carbocycles. The molecule has 2 aromatic heterocycles. The summed E-state index contributed by atoms with van der Waals surface area (Å²) in [5, 5.41) is -0.426. The molecule has 0 unspecified atom stereocenters. The van der Waals surface area contributed by atoms with Crippen molar-refractivity contribution in [2.45, 2.75) is 4.90 Å². The number of rotatable bonds is 4. The minimum Gasteiger partial charge on any atom is -0.368 e. The summed E-state index contributed by atoms with van der Waals surface area (Å²) in [5.41, 5.74) is 1.16. The number of hydrogen-bond acceptors (Lipinski definition) is 7. The second kappa shape index (κ2) is 8.34. The number of aromatic nitrogens is 4. The molecule has 0 saturated heterocycles. The van der Waals surface area contributed by atoms with Gasteiger partial charge in [-0.3, -0.25) is 14.1 Å². The van der Waals surface area contributed by atoms with Crippen molar-refractivity contribution in [3.05, 3.63) is 79.0 Å². The van der Waals surface area contributed by atoms with Crippen molar-refractivity contribution >= 4 is 55.9 Å². The van der Waals surface area contributed by atoms with Crippen LogP contribution in [0.15, 0.2) is 51.0 Å². The Morgan fingerprint density at radius 3 is 2.53 bits per heavy atom. The van der Waals surface area contributed by atoms with Crippen LogP contribution in [0.5, 0.6) is 0 Å². The number of nitrogens with zero attached hydrogens (tertiary/aromatic N) is 4. The molecule has 0 amide bonds. The van der Waals surface area contributed by atoms with Crippen LogP contribution >= 0.6 is 23.2 Å². The lowest BCUT2D eigenvalue weighted by molar-refractivity contribution is 0.560. The van der Waals surface area contributed by atoms with Crippen LogP contribution in [0.25, 0.3) is 16.7 Å². The molecule has 4 rings (SSSR count). The highest BCUT2D eigenvalue weighted by Gasteiger charge is 2.26. The minimum absolute atomic E-state index is 0.0408. The normalized spacial score (nSPS) is 11.7. The van der Waals surface area contributed by atoms with Crippen LogP contribution in [0.3, 0.4) is 0 Å². The third-order valence-electron chi connectivity index (χ3n) is 4.73. The van der Waals surface area contributed by atoms with Crippen molar-refractivity contribution in [3.8, 4) is 5.69 Å². The van der Waals surface area contributed by atoms with Crippen LogP contribution in [0.1, 0.15) is 0 Å². The molecule has 0 spiro atoms. The van der Waals surface area contributed by atoms with E-state index >= 15 is 4.39 Å². The molecule has 2 heterocycles. The Hall–Kier alpha value is -3.55. The molecule has 0 fully saturated rings. The first-order valence-electron chi connectivity index (χ1n) is 9.13. The topological polar surface area (TPSA) is 142 Å². The van der Waals surface area contributed by atoms with Crippen LogP contribution in [0.4, 0.5) is 20.4 Å². The van der Waals surface area contributed by atoms with Gasteiger partial charge in [-0.25, -0.2) is 31.5 Å². The molecule has 3 N–H and O–H groups in total. The second-order valence-corrected chi connectivity index (χ2v) is 9.38. The van der Waals surface area contributed by atoms with E-state index in [-0.39, 0.29) is 31.6 Å². The number of nitrogens with two attached hydrogens (primary N) is 1. The summed E-state index contributed by atoms with van der Waals surface area (Å²) in [4.78, 5) is 32.8. The average molecular weight is 529 g/mol. The molecule has 176 valence electrons. The summed E-state index contributed by atoms with van der Waals surface area (Å²) in [6.45, 7) is 0. The number of hydrogen-bond donors (Lipinski definition) is 2. The molecule has 0 bridgehead atoms. The van der Waals surface area contributed by atoms with Gasteiger partial charge >= 0.3 is 5.69 Å². The molecule has 0 saturated carbocycles. The largest absolute Gasteiger partial charge is 0.368 e. The van der Waals surface area contributed by atoms with Gasteiger partial charge in [0.05, 0.1) is 10.7 Å². The van der Waals surface area contributed by atoms with Gasteiger partial charge < -0.3 is 5.73 Å². The number of nitrogen functional groups attached to an aromatic ring is 1. The SMILES string of the molecule is Cn1c(=O)n(-c2c(F)ccc(NS(=O)(=O)c3cc(Cl)ccc3Cl)c2F)c(=O)c2cnc(N)nc21. The first-order valence-corrected chi connectivity index (χ1v) is 11.4. The summed E-state index contributed by atoms with van der Waals surface area (Å²) < 4.78 is 58.7. The fourth-order valence-electron chi connectivity index (χ4n) is 3.15. The lowest BCUT2D eigenvalue weighted by atomic mass is 10.2. The van der Waals surface area contributed by atoms with Gasteiger partial charge in [0.2, 0.25) is 5.95 Å². The zero-order chi connectivity index (χ0) is 24.9. The standard InChI is InChI=1S/C19H12Cl2F2N6O4S/c1-28-16-9(7-25-18(24)26-16)17(30)29(19(28)31)15-11(22)4-5-12(14(15)23)27-34(32,33)13-6-8(20)2-3-10(13)21/h2-7,27H,1H3,(H2,24,25,26). The van der Waals surface area contributed by atoms with E-state index in [1.54, 1.807) is 0 Å². The van der Waals surface area contributed by atoms with Gasteiger partial charge in [-0.05, 0) is 30.3 Å². The van der Waals surface area contributed by atoms with E-state index in [0.717, 1.165) is 22.9 Å². The highest BCUT2D eigenvalue weighted by Crippen LogP contribution is 2.29. The van der Waals surface area contributed by atoms with Gasteiger partial charge in [0.25, 0.3) is 15.6 Å². The minimum atomic E-state index is -4.50. The zero-order valence-corrected chi connectivity index (χ0v) is 19.2. The Morgan fingerprint density at radius 1 is 1.12 bits per heavy atom. The number of fused-ring (bicyclic) bond motifs is 1. The first kappa shape index (κ1) is 23.6. The van der Waals surface area contributed by atoms with Gasteiger partial charge in [0.1, 0.15) is 16.0 Å². The number of sulfonamides is 1. The van der Waals surface area contributed by atoms with Crippen molar-refractivity contribution in [1.29, 1.82) is 0 Å². The van der Waals surface area contributed by atoms with Crippen molar-refractivity contribution < 1.29 is 17.2 Å². The van der Waals surface area contributed by atoms with E-state index in [4.69, 9.17) is 28.9 Å². The van der Waals surface area contributed by atoms with Crippen molar-refractivity contribution in [2.24, 2.45) is 7.05 Å². The molecule has 10 nitrogen and oxygen atoms in total. The van der Waals surface area contributed by atoms with E-state index in [1.807, 2.05) is 4.72 Å². The Bertz CT molecular complexity index is 1720. The maximum Gasteiger partial charge on any atom is 0.337 e. The molecule has 0 aliphatic heterocycles.